The molecule has 0 aliphatic heterocycles. The molecule has 0 fully saturated rings. The molecule has 8 nitrogen and oxygen atoms in total. The molecular formula is C19H21N3O5. The predicted molar refractivity (Wildman–Crippen MR) is 97.9 cm³/mol. The summed E-state index contributed by atoms with van der Waals surface area (Å²) in [6.07, 6.45) is 2.01. The van der Waals surface area contributed by atoms with Crippen LogP contribution in [0.2, 0.25) is 0 Å². The zero-order valence-corrected chi connectivity index (χ0v) is 15.3. The van der Waals surface area contributed by atoms with E-state index >= 15 is 0 Å². The van der Waals surface area contributed by atoms with Gasteiger partial charge in [0.1, 0.15) is 11.6 Å². The van der Waals surface area contributed by atoms with Crippen LogP contribution in [0.25, 0.3) is 0 Å². The van der Waals surface area contributed by atoms with Gasteiger partial charge in [0.25, 0.3) is 5.91 Å². The number of carbonyl (C=O) groups is 3. The Kier molecular flexibility index (Phi) is 6.25. The van der Waals surface area contributed by atoms with Crippen molar-refractivity contribution in [2.24, 2.45) is 5.73 Å². The number of nitrogens with zero attached hydrogens (tertiary/aromatic N) is 1. The smallest absolute Gasteiger partial charge is 0.428 e. The molecule has 1 aromatic carbocycles. The molecule has 27 heavy (non-hydrogen) atoms. The number of hydrogen-bond acceptors (Lipinski definition) is 7. The molecule has 0 aliphatic carbocycles. The van der Waals surface area contributed by atoms with Crippen molar-refractivity contribution in [3.05, 3.63) is 59.9 Å². The second kappa shape index (κ2) is 8.41. The van der Waals surface area contributed by atoms with Gasteiger partial charge in [-0.05, 0) is 50.6 Å². The van der Waals surface area contributed by atoms with Crippen LogP contribution in [0.1, 0.15) is 42.7 Å². The zero-order valence-electron chi connectivity index (χ0n) is 15.3. The van der Waals surface area contributed by atoms with E-state index in [1.54, 1.807) is 45.3 Å². The Morgan fingerprint density at radius 2 is 1.63 bits per heavy atom. The SMILES string of the molecule is CC(C)(C)OC(=O)OC(=O)C(N)c1ccc(C(=O)Nc2ccncc2)cc1. The molecule has 3 N–H and O–H groups in total. The molecule has 2 aromatic rings. The van der Waals surface area contributed by atoms with Crippen molar-refractivity contribution in [1.82, 2.24) is 4.98 Å². The van der Waals surface area contributed by atoms with Gasteiger partial charge in [-0.3, -0.25) is 9.78 Å². The van der Waals surface area contributed by atoms with Crippen LogP contribution in [0.4, 0.5) is 10.5 Å². The number of pyridine rings is 1. The Bertz CT molecular complexity index is 813. The third kappa shape index (κ3) is 6.19. The van der Waals surface area contributed by atoms with Crippen molar-refractivity contribution in [2.75, 3.05) is 5.32 Å². The lowest BCUT2D eigenvalue weighted by Crippen LogP contribution is -2.30. The Morgan fingerprint density at radius 3 is 2.19 bits per heavy atom. The first-order chi connectivity index (χ1) is 12.7. The Labute approximate surface area is 156 Å². The molecule has 2 rings (SSSR count). The number of amides is 1. The molecule has 8 heteroatoms. The molecule has 0 spiro atoms. The van der Waals surface area contributed by atoms with Gasteiger partial charge in [-0.1, -0.05) is 12.1 Å². The maximum absolute atomic E-state index is 12.2. The van der Waals surface area contributed by atoms with Gasteiger partial charge in [0.15, 0.2) is 0 Å². The van der Waals surface area contributed by atoms with Crippen molar-refractivity contribution >= 4 is 23.7 Å². The van der Waals surface area contributed by atoms with Crippen LogP contribution in [-0.4, -0.2) is 28.6 Å². The highest BCUT2D eigenvalue weighted by Gasteiger charge is 2.25. The molecule has 0 bridgehead atoms. The van der Waals surface area contributed by atoms with E-state index in [4.69, 9.17) is 10.5 Å². The van der Waals surface area contributed by atoms with Crippen molar-refractivity contribution < 1.29 is 23.9 Å². The highest BCUT2D eigenvalue weighted by Crippen LogP contribution is 2.16. The van der Waals surface area contributed by atoms with E-state index in [2.05, 4.69) is 15.0 Å². The second-order valence-electron chi connectivity index (χ2n) is 6.68. The highest BCUT2D eigenvalue weighted by molar-refractivity contribution is 6.04. The third-order valence-corrected chi connectivity index (χ3v) is 3.30. The number of benzene rings is 1. The normalized spacial score (nSPS) is 12.0. The average molecular weight is 371 g/mol. The fraction of sp³-hybridized carbons (Fsp3) is 0.263. The summed E-state index contributed by atoms with van der Waals surface area (Å²) in [4.78, 5) is 39.6. The number of rotatable bonds is 4. The lowest BCUT2D eigenvalue weighted by atomic mass is 10.1. The van der Waals surface area contributed by atoms with E-state index in [0.29, 0.717) is 16.8 Å². The Morgan fingerprint density at radius 1 is 1.04 bits per heavy atom. The number of hydrogen-bond donors (Lipinski definition) is 2. The van der Waals surface area contributed by atoms with Gasteiger partial charge in [0, 0.05) is 23.6 Å². The minimum absolute atomic E-state index is 0.322. The van der Waals surface area contributed by atoms with E-state index in [1.807, 2.05) is 0 Å². The predicted octanol–water partition coefficient (Wildman–Crippen LogP) is 2.81. The van der Waals surface area contributed by atoms with Gasteiger partial charge in [0.05, 0.1) is 0 Å². The third-order valence-electron chi connectivity index (χ3n) is 3.30. The van der Waals surface area contributed by atoms with Crippen molar-refractivity contribution in [1.29, 1.82) is 0 Å². The number of aromatic nitrogens is 1. The molecule has 0 radical (unpaired) electrons. The Hall–Kier alpha value is -3.26. The molecular weight excluding hydrogens is 350 g/mol. The average Bonchev–Trinajstić information content (AvgIpc) is 2.60. The lowest BCUT2D eigenvalue weighted by Gasteiger charge is -2.19. The molecule has 0 saturated heterocycles. The van der Waals surface area contributed by atoms with Gasteiger partial charge in [0.2, 0.25) is 0 Å². The summed E-state index contributed by atoms with van der Waals surface area (Å²) in [5.74, 6) is -1.27. The molecule has 0 aliphatic rings. The van der Waals surface area contributed by atoms with Gasteiger partial charge in [-0.25, -0.2) is 9.59 Å². The van der Waals surface area contributed by atoms with Gasteiger partial charge in [-0.15, -0.1) is 0 Å². The second-order valence-corrected chi connectivity index (χ2v) is 6.68. The van der Waals surface area contributed by atoms with Crippen LogP contribution in [0, 0.1) is 0 Å². The van der Waals surface area contributed by atoms with Crippen molar-refractivity contribution in [3.8, 4) is 0 Å². The molecule has 0 saturated carbocycles. The van der Waals surface area contributed by atoms with Gasteiger partial charge in [-0.2, -0.15) is 0 Å². The quantitative estimate of drug-likeness (QED) is 0.626. The number of nitrogens with two attached hydrogens (primary N) is 1. The van der Waals surface area contributed by atoms with Crippen LogP contribution in [0.15, 0.2) is 48.8 Å². The van der Waals surface area contributed by atoms with Crippen LogP contribution < -0.4 is 11.1 Å². The van der Waals surface area contributed by atoms with Crippen LogP contribution >= 0.6 is 0 Å². The van der Waals surface area contributed by atoms with E-state index in [1.165, 1.54) is 24.3 Å². The number of nitrogens with one attached hydrogen (secondary N) is 1. The summed E-state index contributed by atoms with van der Waals surface area (Å²) in [7, 11) is 0. The minimum atomic E-state index is -1.19. The fourth-order valence-corrected chi connectivity index (χ4v) is 2.03. The molecule has 1 amide bonds. The van der Waals surface area contributed by atoms with Gasteiger partial charge < -0.3 is 20.5 Å². The maximum atomic E-state index is 12.2. The van der Waals surface area contributed by atoms with Crippen LogP contribution in [0.3, 0.4) is 0 Å². The molecule has 1 unspecified atom stereocenters. The number of esters is 1. The summed E-state index contributed by atoms with van der Waals surface area (Å²) in [6.45, 7) is 4.94. The molecule has 142 valence electrons. The summed E-state index contributed by atoms with van der Waals surface area (Å²) in [6, 6.07) is 8.21. The first-order valence-electron chi connectivity index (χ1n) is 8.17. The van der Waals surface area contributed by atoms with E-state index in [-0.39, 0.29) is 5.91 Å². The van der Waals surface area contributed by atoms with E-state index in [0.717, 1.165) is 0 Å². The molecule has 1 atom stereocenters. The minimum Gasteiger partial charge on any atom is -0.428 e. The first kappa shape index (κ1) is 20.1. The number of anilines is 1. The van der Waals surface area contributed by atoms with Crippen LogP contribution in [-0.2, 0) is 14.3 Å². The summed E-state index contributed by atoms with van der Waals surface area (Å²) in [5.41, 5.74) is 6.40. The summed E-state index contributed by atoms with van der Waals surface area (Å²) >= 11 is 0. The van der Waals surface area contributed by atoms with Crippen molar-refractivity contribution in [3.63, 3.8) is 0 Å². The molecule has 1 heterocycles. The first-order valence-corrected chi connectivity index (χ1v) is 8.17. The van der Waals surface area contributed by atoms with E-state index in [9.17, 15) is 14.4 Å². The highest BCUT2D eigenvalue weighted by atomic mass is 16.7. The maximum Gasteiger partial charge on any atom is 0.516 e. The van der Waals surface area contributed by atoms with E-state index < -0.39 is 23.8 Å². The van der Waals surface area contributed by atoms with Crippen molar-refractivity contribution in [2.45, 2.75) is 32.4 Å². The zero-order chi connectivity index (χ0) is 20.0. The Balaban J connectivity index is 1.98. The molecule has 1 aromatic heterocycles. The standard InChI is InChI=1S/C19H21N3O5/c1-19(2,3)27-18(25)26-17(24)15(20)12-4-6-13(7-5-12)16(23)22-14-8-10-21-11-9-14/h4-11,15H,20H2,1-3H3,(H,21,22,23). The number of ether oxygens (including phenoxy) is 2. The topological polar surface area (TPSA) is 121 Å². The van der Waals surface area contributed by atoms with Gasteiger partial charge >= 0.3 is 12.1 Å². The summed E-state index contributed by atoms with van der Waals surface area (Å²) < 4.78 is 9.50. The summed E-state index contributed by atoms with van der Waals surface area (Å²) in [5, 5.41) is 2.71. The largest absolute Gasteiger partial charge is 0.516 e. The number of carbonyl (C=O) groups excluding carboxylic acids is 3. The monoisotopic (exact) mass is 371 g/mol. The van der Waals surface area contributed by atoms with Crippen LogP contribution in [0.5, 0.6) is 0 Å². The lowest BCUT2D eigenvalue weighted by molar-refractivity contribution is -0.143. The fourth-order valence-electron chi connectivity index (χ4n) is 2.03.